The van der Waals surface area contributed by atoms with Gasteiger partial charge in [-0.05, 0) is 36.1 Å². The maximum absolute atomic E-state index is 11.9. The number of benzene rings is 1. The molecule has 0 aliphatic rings. The second-order valence-corrected chi connectivity index (χ2v) is 6.45. The van der Waals surface area contributed by atoms with E-state index in [1.165, 1.54) is 11.3 Å². The molecule has 21 heavy (non-hydrogen) atoms. The summed E-state index contributed by atoms with van der Waals surface area (Å²) in [6.07, 6.45) is 0.391. The molecule has 4 nitrogen and oxygen atoms in total. The molecular formula is C15H15N3OS2. The first-order chi connectivity index (χ1) is 10.1. The molecule has 1 heterocycles. The van der Waals surface area contributed by atoms with Crippen molar-refractivity contribution in [3.05, 3.63) is 40.8 Å². The minimum Gasteiger partial charge on any atom is -0.398 e. The Labute approximate surface area is 132 Å². The number of nitrogens with one attached hydrogen (secondary N) is 1. The molecule has 2 rings (SSSR count). The first-order valence-corrected chi connectivity index (χ1v) is 8.23. The van der Waals surface area contributed by atoms with E-state index in [2.05, 4.69) is 11.4 Å². The number of thioether (sulfide) groups is 1. The van der Waals surface area contributed by atoms with Gasteiger partial charge in [-0.3, -0.25) is 4.79 Å². The molecular weight excluding hydrogens is 302 g/mol. The minimum absolute atomic E-state index is 0.0805. The lowest BCUT2D eigenvalue weighted by molar-refractivity contribution is -0.115. The summed E-state index contributed by atoms with van der Waals surface area (Å²) in [6.45, 7) is 1.97. The molecule has 1 aromatic carbocycles. The Kier molecular flexibility index (Phi) is 5.26. The third-order valence-electron chi connectivity index (χ3n) is 2.95. The van der Waals surface area contributed by atoms with Gasteiger partial charge >= 0.3 is 0 Å². The van der Waals surface area contributed by atoms with E-state index in [0.717, 1.165) is 16.1 Å². The highest BCUT2D eigenvalue weighted by molar-refractivity contribution is 7.99. The number of nitrogens with zero attached hydrogens (tertiary/aromatic N) is 1. The number of thiophene rings is 1. The second kappa shape index (κ2) is 7.16. The van der Waals surface area contributed by atoms with Crippen molar-refractivity contribution in [2.45, 2.75) is 18.2 Å². The predicted octanol–water partition coefficient (Wildman–Crippen LogP) is 3.63. The van der Waals surface area contributed by atoms with Crippen LogP contribution in [0.4, 0.5) is 10.7 Å². The van der Waals surface area contributed by atoms with Crippen LogP contribution in [0.2, 0.25) is 0 Å². The molecule has 3 N–H and O–H groups in total. The van der Waals surface area contributed by atoms with E-state index in [-0.39, 0.29) is 5.91 Å². The Morgan fingerprint density at radius 3 is 3.05 bits per heavy atom. The van der Waals surface area contributed by atoms with Gasteiger partial charge in [0.2, 0.25) is 5.91 Å². The third-order valence-corrected chi connectivity index (χ3v) is 4.94. The first-order valence-electron chi connectivity index (χ1n) is 6.37. The average molecular weight is 317 g/mol. The van der Waals surface area contributed by atoms with E-state index in [0.29, 0.717) is 22.7 Å². The van der Waals surface area contributed by atoms with Crippen LogP contribution in [0.25, 0.3) is 0 Å². The Morgan fingerprint density at radius 2 is 2.29 bits per heavy atom. The third kappa shape index (κ3) is 4.00. The summed E-state index contributed by atoms with van der Waals surface area (Å²) in [7, 11) is 0. The fourth-order valence-electron chi connectivity index (χ4n) is 1.72. The van der Waals surface area contributed by atoms with E-state index in [4.69, 9.17) is 11.0 Å². The highest BCUT2D eigenvalue weighted by Gasteiger charge is 2.09. The maximum atomic E-state index is 11.9. The number of amides is 1. The van der Waals surface area contributed by atoms with Gasteiger partial charge in [-0.1, -0.05) is 6.07 Å². The number of anilines is 2. The number of hydrogen-bond acceptors (Lipinski definition) is 5. The zero-order valence-corrected chi connectivity index (χ0v) is 13.2. The lowest BCUT2D eigenvalue weighted by atomic mass is 10.2. The van der Waals surface area contributed by atoms with E-state index >= 15 is 0 Å². The molecule has 0 bridgehead atoms. The van der Waals surface area contributed by atoms with Crippen molar-refractivity contribution < 1.29 is 4.79 Å². The van der Waals surface area contributed by atoms with E-state index in [9.17, 15) is 4.79 Å². The van der Waals surface area contributed by atoms with Gasteiger partial charge in [0.15, 0.2) is 0 Å². The summed E-state index contributed by atoms with van der Waals surface area (Å²) >= 11 is 2.97. The van der Waals surface area contributed by atoms with Crippen LogP contribution in [-0.2, 0) is 4.79 Å². The van der Waals surface area contributed by atoms with Gasteiger partial charge in [-0.15, -0.1) is 23.1 Å². The smallest absolute Gasteiger partial charge is 0.225 e. The van der Waals surface area contributed by atoms with Crippen molar-refractivity contribution in [3.63, 3.8) is 0 Å². The largest absolute Gasteiger partial charge is 0.398 e. The number of carbonyl (C=O) groups is 1. The van der Waals surface area contributed by atoms with Crippen LogP contribution >= 0.6 is 23.1 Å². The van der Waals surface area contributed by atoms with E-state index < -0.39 is 0 Å². The summed E-state index contributed by atoms with van der Waals surface area (Å²) in [5, 5.41) is 14.1. The van der Waals surface area contributed by atoms with Gasteiger partial charge in [-0.25, -0.2) is 0 Å². The zero-order valence-electron chi connectivity index (χ0n) is 11.6. The van der Waals surface area contributed by atoms with Crippen LogP contribution in [0.1, 0.15) is 17.5 Å². The van der Waals surface area contributed by atoms with Gasteiger partial charge in [0, 0.05) is 22.8 Å². The number of carbonyl (C=O) groups excluding carboxylic acids is 1. The molecule has 6 heteroatoms. The van der Waals surface area contributed by atoms with Gasteiger partial charge in [0.1, 0.15) is 11.1 Å². The molecule has 108 valence electrons. The molecule has 1 aromatic heterocycles. The lowest BCUT2D eigenvalue weighted by Crippen LogP contribution is -2.11. The van der Waals surface area contributed by atoms with Crippen molar-refractivity contribution in [2.75, 3.05) is 16.8 Å². The van der Waals surface area contributed by atoms with Crippen molar-refractivity contribution in [1.29, 1.82) is 5.26 Å². The highest BCUT2D eigenvalue weighted by atomic mass is 32.2. The summed E-state index contributed by atoms with van der Waals surface area (Å²) in [6, 6.07) is 9.53. The van der Waals surface area contributed by atoms with Crippen LogP contribution in [0.3, 0.4) is 0 Å². The SMILES string of the molecule is Cc1c(N)cccc1SCCC(=O)Nc1sccc1C#N. The first kappa shape index (κ1) is 15.4. The molecule has 0 fully saturated rings. The summed E-state index contributed by atoms with van der Waals surface area (Å²) in [4.78, 5) is 13.0. The molecule has 0 aliphatic carbocycles. The quantitative estimate of drug-likeness (QED) is 0.652. The van der Waals surface area contributed by atoms with Crippen molar-refractivity contribution in [2.24, 2.45) is 0 Å². The van der Waals surface area contributed by atoms with Gasteiger partial charge in [-0.2, -0.15) is 5.26 Å². The van der Waals surface area contributed by atoms with Crippen LogP contribution in [0.15, 0.2) is 34.5 Å². The molecule has 0 spiro atoms. The summed E-state index contributed by atoms with van der Waals surface area (Å²) in [5.74, 6) is 0.589. The van der Waals surface area contributed by atoms with E-state index in [1.807, 2.05) is 25.1 Å². The number of hydrogen-bond donors (Lipinski definition) is 2. The van der Waals surface area contributed by atoms with E-state index in [1.54, 1.807) is 23.2 Å². The van der Waals surface area contributed by atoms with Gasteiger partial charge in [0.25, 0.3) is 0 Å². The number of nitriles is 1. The second-order valence-electron chi connectivity index (χ2n) is 4.39. The van der Waals surface area contributed by atoms with Crippen LogP contribution in [0, 0.1) is 18.3 Å². The van der Waals surface area contributed by atoms with Crippen LogP contribution in [-0.4, -0.2) is 11.7 Å². The molecule has 0 atom stereocenters. The van der Waals surface area contributed by atoms with Crippen LogP contribution in [0.5, 0.6) is 0 Å². The molecule has 0 radical (unpaired) electrons. The Balaban J connectivity index is 1.85. The fourth-order valence-corrected chi connectivity index (χ4v) is 3.49. The average Bonchev–Trinajstić information content (AvgIpc) is 2.90. The maximum Gasteiger partial charge on any atom is 0.225 e. The summed E-state index contributed by atoms with van der Waals surface area (Å²) in [5.41, 5.74) is 8.17. The minimum atomic E-state index is -0.0805. The van der Waals surface area contributed by atoms with Crippen molar-refractivity contribution in [3.8, 4) is 6.07 Å². The topological polar surface area (TPSA) is 78.9 Å². The molecule has 1 amide bonds. The number of nitrogen functional groups attached to an aromatic ring is 1. The number of rotatable bonds is 5. The summed E-state index contributed by atoms with van der Waals surface area (Å²) < 4.78 is 0. The van der Waals surface area contributed by atoms with Crippen molar-refractivity contribution >= 4 is 39.7 Å². The van der Waals surface area contributed by atoms with Crippen molar-refractivity contribution in [1.82, 2.24) is 0 Å². The zero-order chi connectivity index (χ0) is 15.2. The predicted molar refractivity (Wildman–Crippen MR) is 88.6 cm³/mol. The molecule has 0 saturated carbocycles. The molecule has 0 saturated heterocycles. The normalized spacial score (nSPS) is 10.1. The van der Waals surface area contributed by atoms with Gasteiger partial charge < -0.3 is 11.1 Å². The monoisotopic (exact) mass is 317 g/mol. The van der Waals surface area contributed by atoms with Crippen LogP contribution < -0.4 is 11.1 Å². The Morgan fingerprint density at radius 1 is 1.48 bits per heavy atom. The fraction of sp³-hybridized carbons (Fsp3) is 0.200. The Bertz CT molecular complexity index is 688. The molecule has 0 unspecified atom stereocenters. The highest BCUT2D eigenvalue weighted by Crippen LogP contribution is 2.27. The Hall–Kier alpha value is -1.97. The molecule has 2 aromatic rings. The van der Waals surface area contributed by atoms with Gasteiger partial charge in [0.05, 0.1) is 5.56 Å². The standard InChI is InChI=1S/C15H15N3OS2/c1-10-12(17)3-2-4-13(10)20-8-6-14(19)18-15-11(9-16)5-7-21-15/h2-5,7H,6,8,17H2,1H3,(H,18,19). The lowest BCUT2D eigenvalue weighted by Gasteiger charge is -2.08. The number of nitrogens with two attached hydrogens (primary N) is 1. The molecule has 0 aliphatic heterocycles.